The van der Waals surface area contributed by atoms with E-state index in [1.54, 1.807) is 29.4 Å². The number of urea groups is 1. The van der Waals surface area contributed by atoms with E-state index in [-0.39, 0.29) is 17.9 Å². The van der Waals surface area contributed by atoms with Crippen molar-refractivity contribution in [3.8, 4) is 0 Å². The Kier molecular flexibility index (Phi) is 5.33. The van der Waals surface area contributed by atoms with Gasteiger partial charge < -0.3 is 15.1 Å². The molecule has 3 amide bonds. The summed E-state index contributed by atoms with van der Waals surface area (Å²) in [5, 5.41) is 2.88. The molecule has 24 heavy (non-hydrogen) atoms. The lowest BCUT2D eigenvalue weighted by molar-refractivity contribution is -0.138. The lowest BCUT2D eigenvalue weighted by Crippen LogP contribution is -2.49. The van der Waals surface area contributed by atoms with Crippen LogP contribution in [0.25, 0.3) is 0 Å². The van der Waals surface area contributed by atoms with Crippen molar-refractivity contribution >= 4 is 17.6 Å². The summed E-state index contributed by atoms with van der Waals surface area (Å²) < 4.78 is 0. The highest BCUT2D eigenvalue weighted by atomic mass is 16.2. The number of aromatic nitrogens is 1. The number of anilines is 1. The number of carbonyl (C=O) groups excluding carboxylic acids is 2. The van der Waals surface area contributed by atoms with Crippen LogP contribution in [-0.4, -0.2) is 52.9 Å². The minimum atomic E-state index is -0.133. The molecule has 0 aliphatic carbocycles. The number of amides is 3. The third-order valence-corrected chi connectivity index (χ3v) is 5.08. The van der Waals surface area contributed by atoms with Crippen molar-refractivity contribution in [2.75, 3.05) is 31.5 Å². The molecular weight excluding hydrogens is 304 g/mol. The molecule has 0 radical (unpaired) electrons. The van der Waals surface area contributed by atoms with E-state index in [0.29, 0.717) is 19.0 Å². The molecule has 3 rings (SSSR count). The molecule has 3 heterocycles. The van der Waals surface area contributed by atoms with E-state index in [2.05, 4.69) is 17.2 Å². The zero-order valence-electron chi connectivity index (χ0n) is 14.3. The van der Waals surface area contributed by atoms with Gasteiger partial charge in [-0.3, -0.25) is 9.78 Å². The highest BCUT2D eigenvalue weighted by molar-refractivity contribution is 5.90. The molecule has 0 saturated carbocycles. The fraction of sp³-hybridized carbons (Fsp3) is 0.611. The molecule has 2 saturated heterocycles. The SMILES string of the molecule is CC1CCN(C(=O)C2CCCN(C(=O)Nc3ccncc3)C2)CC1. The zero-order valence-corrected chi connectivity index (χ0v) is 14.3. The predicted octanol–water partition coefficient (Wildman–Crippen LogP) is 2.58. The molecule has 2 aliphatic heterocycles. The maximum atomic E-state index is 12.7. The van der Waals surface area contributed by atoms with Gasteiger partial charge in [0.25, 0.3) is 0 Å². The molecule has 1 aromatic rings. The molecule has 1 atom stereocenters. The molecule has 6 nitrogen and oxygen atoms in total. The summed E-state index contributed by atoms with van der Waals surface area (Å²) in [4.78, 5) is 32.9. The van der Waals surface area contributed by atoms with Crippen LogP contribution in [-0.2, 0) is 4.79 Å². The van der Waals surface area contributed by atoms with Gasteiger partial charge >= 0.3 is 6.03 Å². The third kappa shape index (κ3) is 4.04. The van der Waals surface area contributed by atoms with E-state index in [0.717, 1.165) is 44.5 Å². The average Bonchev–Trinajstić information content (AvgIpc) is 2.63. The number of piperidine rings is 2. The van der Waals surface area contributed by atoms with Crippen molar-refractivity contribution in [2.24, 2.45) is 11.8 Å². The number of hydrogen-bond acceptors (Lipinski definition) is 3. The first-order chi connectivity index (χ1) is 11.6. The highest BCUT2D eigenvalue weighted by Gasteiger charge is 2.32. The maximum absolute atomic E-state index is 12.7. The normalized spacial score (nSPS) is 22.3. The Morgan fingerprint density at radius 3 is 2.50 bits per heavy atom. The first-order valence-corrected chi connectivity index (χ1v) is 8.88. The number of pyridine rings is 1. The lowest BCUT2D eigenvalue weighted by Gasteiger charge is -2.37. The summed E-state index contributed by atoms with van der Waals surface area (Å²) in [6.45, 7) is 5.19. The van der Waals surface area contributed by atoms with E-state index in [1.165, 1.54) is 0 Å². The zero-order chi connectivity index (χ0) is 16.9. The largest absolute Gasteiger partial charge is 0.342 e. The van der Waals surface area contributed by atoms with E-state index < -0.39 is 0 Å². The molecule has 0 bridgehead atoms. The summed E-state index contributed by atoms with van der Waals surface area (Å²) in [7, 11) is 0. The van der Waals surface area contributed by atoms with Gasteiger partial charge in [0.05, 0.1) is 5.92 Å². The van der Waals surface area contributed by atoms with Crippen LogP contribution in [0.5, 0.6) is 0 Å². The van der Waals surface area contributed by atoms with E-state index in [1.807, 2.05) is 4.90 Å². The molecule has 0 spiro atoms. The van der Waals surface area contributed by atoms with Gasteiger partial charge in [0, 0.05) is 44.3 Å². The molecule has 1 aromatic heterocycles. The molecule has 130 valence electrons. The van der Waals surface area contributed by atoms with Crippen LogP contribution in [0.4, 0.5) is 10.5 Å². The molecule has 0 aromatic carbocycles. The second-order valence-electron chi connectivity index (χ2n) is 6.96. The summed E-state index contributed by atoms with van der Waals surface area (Å²) in [6, 6.07) is 3.39. The number of likely N-dealkylation sites (tertiary alicyclic amines) is 2. The quantitative estimate of drug-likeness (QED) is 0.906. The van der Waals surface area contributed by atoms with E-state index in [9.17, 15) is 9.59 Å². The van der Waals surface area contributed by atoms with Crippen molar-refractivity contribution in [2.45, 2.75) is 32.6 Å². The Labute approximate surface area is 143 Å². The fourth-order valence-electron chi connectivity index (χ4n) is 3.49. The Morgan fingerprint density at radius 2 is 1.79 bits per heavy atom. The minimum Gasteiger partial charge on any atom is -0.342 e. The number of nitrogens with one attached hydrogen (secondary N) is 1. The molecule has 6 heteroatoms. The number of rotatable bonds is 2. The van der Waals surface area contributed by atoms with Crippen molar-refractivity contribution in [1.29, 1.82) is 0 Å². The molecule has 2 fully saturated rings. The first-order valence-electron chi connectivity index (χ1n) is 8.88. The van der Waals surface area contributed by atoms with E-state index in [4.69, 9.17) is 0 Å². The topological polar surface area (TPSA) is 65.5 Å². The van der Waals surface area contributed by atoms with Crippen LogP contribution < -0.4 is 5.32 Å². The lowest BCUT2D eigenvalue weighted by atomic mass is 9.93. The van der Waals surface area contributed by atoms with Gasteiger partial charge in [0.15, 0.2) is 0 Å². The summed E-state index contributed by atoms with van der Waals surface area (Å²) in [6.07, 6.45) is 7.23. The van der Waals surface area contributed by atoms with Crippen molar-refractivity contribution in [3.63, 3.8) is 0 Å². The maximum Gasteiger partial charge on any atom is 0.321 e. The van der Waals surface area contributed by atoms with Crippen LogP contribution in [0.15, 0.2) is 24.5 Å². The van der Waals surface area contributed by atoms with Crippen LogP contribution >= 0.6 is 0 Å². The van der Waals surface area contributed by atoms with Gasteiger partial charge in [-0.05, 0) is 43.7 Å². The first kappa shape index (κ1) is 16.7. The number of nitrogens with zero attached hydrogens (tertiary/aromatic N) is 3. The van der Waals surface area contributed by atoms with Gasteiger partial charge in [-0.15, -0.1) is 0 Å². The van der Waals surface area contributed by atoms with E-state index >= 15 is 0 Å². The Morgan fingerprint density at radius 1 is 1.08 bits per heavy atom. The van der Waals surface area contributed by atoms with Crippen LogP contribution in [0.2, 0.25) is 0 Å². The van der Waals surface area contributed by atoms with Gasteiger partial charge in [-0.2, -0.15) is 0 Å². The average molecular weight is 330 g/mol. The second kappa shape index (κ2) is 7.64. The van der Waals surface area contributed by atoms with Gasteiger partial charge in [0.2, 0.25) is 5.91 Å². The summed E-state index contributed by atoms with van der Waals surface area (Å²) >= 11 is 0. The second-order valence-corrected chi connectivity index (χ2v) is 6.96. The predicted molar refractivity (Wildman–Crippen MR) is 92.5 cm³/mol. The van der Waals surface area contributed by atoms with Crippen molar-refractivity contribution in [1.82, 2.24) is 14.8 Å². The van der Waals surface area contributed by atoms with Gasteiger partial charge in [-0.25, -0.2) is 4.79 Å². The van der Waals surface area contributed by atoms with Crippen molar-refractivity contribution in [3.05, 3.63) is 24.5 Å². The Bertz CT molecular complexity index is 570. The molecular formula is C18H26N4O2. The molecule has 2 aliphatic rings. The Balaban J connectivity index is 1.55. The third-order valence-electron chi connectivity index (χ3n) is 5.08. The van der Waals surface area contributed by atoms with Crippen LogP contribution in [0.3, 0.4) is 0 Å². The van der Waals surface area contributed by atoms with Crippen LogP contribution in [0, 0.1) is 11.8 Å². The van der Waals surface area contributed by atoms with Crippen molar-refractivity contribution < 1.29 is 9.59 Å². The molecule has 1 unspecified atom stereocenters. The summed E-state index contributed by atoms with van der Waals surface area (Å²) in [5.74, 6) is 0.877. The van der Waals surface area contributed by atoms with Gasteiger partial charge in [-0.1, -0.05) is 6.92 Å². The minimum absolute atomic E-state index is 0.0599. The van der Waals surface area contributed by atoms with Gasteiger partial charge in [0.1, 0.15) is 0 Å². The molecule has 1 N–H and O–H groups in total. The smallest absolute Gasteiger partial charge is 0.321 e. The fourth-order valence-corrected chi connectivity index (χ4v) is 3.49. The van der Waals surface area contributed by atoms with Crippen LogP contribution in [0.1, 0.15) is 32.6 Å². The monoisotopic (exact) mass is 330 g/mol. The summed E-state index contributed by atoms with van der Waals surface area (Å²) in [5.41, 5.74) is 0.730. The number of hydrogen-bond donors (Lipinski definition) is 1. The highest BCUT2D eigenvalue weighted by Crippen LogP contribution is 2.23. The Hall–Kier alpha value is -2.11. The number of carbonyl (C=O) groups is 2. The standard InChI is InChI=1S/C18H26N4O2/c1-14-6-11-21(12-7-14)17(23)15-3-2-10-22(13-15)18(24)20-16-4-8-19-9-5-16/h4-5,8-9,14-15H,2-3,6-7,10-13H2,1H3,(H,19,20,24).